The van der Waals surface area contributed by atoms with E-state index >= 15 is 0 Å². The van der Waals surface area contributed by atoms with E-state index in [1.54, 1.807) is 24.3 Å². The number of likely N-dealkylation sites (N-methyl/N-ethyl adjacent to an activating group) is 1. The predicted octanol–water partition coefficient (Wildman–Crippen LogP) is 1.63. The highest BCUT2D eigenvalue weighted by atomic mass is 16.5. The average molecular weight is 251 g/mol. The molecule has 0 aromatic heterocycles. The van der Waals surface area contributed by atoms with Gasteiger partial charge in [0.2, 0.25) is 0 Å². The third-order valence-electron chi connectivity index (χ3n) is 2.29. The Morgan fingerprint density at radius 3 is 2.39 bits per heavy atom. The first-order valence-corrected chi connectivity index (χ1v) is 5.74. The molecule has 1 aromatic carbocycles. The van der Waals surface area contributed by atoms with Crippen LogP contribution < -0.4 is 4.74 Å². The number of amides is 1. The highest BCUT2D eigenvalue weighted by Gasteiger charge is 2.14. The Kier molecular flexibility index (Phi) is 5.17. The number of nitrogens with zero attached hydrogens (tertiary/aromatic N) is 1. The van der Waals surface area contributed by atoms with Crippen LogP contribution >= 0.6 is 0 Å². The third kappa shape index (κ3) is 4.08. The van der Waals surface area contributed by atoms with Crippen molar-refractivity contribution in [3.8, 4) is 5.75 Å². The Morgan fingerprint density at radius 1 is 1.28 bits per heavy atom. The largest absolute Gasteiger partial charge is 0.494 e. The van der Waals surface area contributed by atoms with E-state index in [4.69, 9.17) is 9.84 Å². The number of hydrogen-bond donors (Lipinski definition) is 1. The summed E-state index contributed by atoms with van der Waals surface area (Å²) in [5, 5.41) is 8.61. The fraction of sp³-hybridized carbons (Fsp3) is 0.385. The van der Waals surface area contributed by atoms with Crippen molar-refractivity contribution in [1.82, 2.24) is 4.90 Å². The lowest BCUT2D eigenvalue weighted by atomic mass is 10.2. The number of hydrogen-bond acceptors (Lipinski definition) is 3. The summed E-state index contributed by atoms with van der Waals surface area (Å²) in [6.45, 7) is 2.33. The van der Waals surface area contributed by atoms with Crippen molar-refractivity contribution < 1.29 is 19.4 Å². The van der Waals surface area contributed by atoms with E-state index in [-0.39, 0.29) is 12.5 Å². The fourth-order valence-electron chi connectivity index (χ4n) is 1.41. The van der Waals surface area contributed by atoms with Crippen LogP contribution in [0.1, 0.15) is 23.7 Å². The van der Waals surface area contributed by atoms with Crippen LogP contribution in [-0.4, -0.2) is 42.1 Å². The molecular weight excluding hydrogens is 234 g/mol. The zero-order valence-electron chi connectivity index (χ0n) is 10.5. The topological polar surface area (TPSA) is 66.8 Å². The third-order valence-corrected chi connectivity index (χ3v) is 2.29. The van der Waals surface area contributed by atoms with Crippen LogP contribution in [0.2, 0.25) is 0 Å². The van der Waals surface area contributed by atoms with E-state index in [9.17, 15) is 9.59 Å². The molecule has 5 heteroatoms. The average Bonchev–Trinajstić information content (AvgIpc) is 2.35. The molecule has 1 aromatic rings. The minimum atomic E-state index is -1.03. The standard InChI is InChI=1S/C13H17NO4/c1-3-8-18-11-6-4-10(5-7-11)13(17)14(2)9-12(15)16/h4-7H,3,8-9H2,1-2H3,(H,15,16). The first kappa shape index (κ1) is 14.0. The maximum absolute atomic E-state index is 11.8. The van der Waals surface area contributed by atoms with E-state index in [0.717, 1.165) is 11.3 Å². The first-order valence-electron chi connectivity index (χ1n) is 5.74. The summed E-state index contributed by atoms with van der Waals surface area (Å²) in [6, 6.07) is 6.67. The van der Waals surface area contributed by atoms with Gasteiger partial charge in [-0.3, -0.25) is 9.59 Å². The summed E-state index contributed by atoms with van der Waals surface area (Å²) in [5.74, 6) is -0.650. The molecule has 0 unspecified atom stereocenters. The Hall–Kier alpha value is -2.04. The summed E-state index contributed by atoms with van der Waals surface area (Å²) in [5.41, 5.74) is 0.447. The molecule has 0 atom stereocenters. The SMILES string of the molecule is CCCOc1ccc(C(=O)N(C)CC(=O)O)cc1. The fourth-order valence-corrected chi connectivity index (χ4v) is 1.41. The molecule has 0 bridgehead atoms. The van der Waals surface area contributed by atoms with Crippen molar-refractivity contribution in [3.63, 3.8) is 0 Å². The highest BCUT2D eigenvalue weighted by Crippen LogP contribution is 2.13. The molecule has 0 aliphatic heterocycles. The van der Waals surface area contributed by atoms with Crippen LogP contribution in [0.4, 0.5) is 0 Å². The maximum Gasteiger partial charge on any atom is 0.323 e. The number of carbonyl (C=O) groups is 2. The Morgan fingerprint density at radius 2 is 1.89 bits per heavy atom. The first-order chi connectivity index (χ1) is 8.54. The predicted molar refractivity (Wildman–Crippen MR) is 66.8 cm³/mol. The Balaban J connectivity index is 2.66. The Labute approximate surface area is 106 Å². The molecule has 5 nitrogen and oxygen atoms in total. The lowest BCUT2D eigenvalue weighted by molar-refractivity contribution is -0.137. The minimum Gasteiger partial charge on any atom is -0.494 e. The summed E-state index contributed by atoms with van der Waals surface area (Å²) >= 11 is 0. The zero-order valence-corrected chi connectivity index (χ0v) is 10.5. The van der Waals surface area contributed by atoms with Gasteiger partial charge in [0.1, 0.15) is 12.3 Å². The van der Waals surface area contributed by atoms with Crippen LogP contribution in [0.25, 0.3) is 0 Å². The summed E-state index contributed by atoms with van der Waals surface area (Å²) in [7, 11) is 1.46. The molecule has 18 heavy (non-hydrogen) atoms. The second-order valence-electron chi connectivity index (χ2n) is 3.93. The number of carboxylic acids is 1. The molecule has 1 rings (SSSR count). The van der Waals surface area contributed by atoms with Crippen molar-refractivity contribution in [1.29, 1.82) is 0 Å². The normalized spacial score (nSPS) is 9.89. The molecule has 0 aliphatic carbocycles. The van der Waals surface area contributed by atoms with Crippen molar-refractivity contribution in [2.24, 2.45) is 0 Å². The van der Waals surface area contributed by atoms with Gasteiger partial charge in [-0.25, -0.2) is 0 Å². The number of carbonyl (C=O) groups excluding carboxylic acids is 1. The van der Waals surface area contributed by atoms with Gasteiger partial charge in [-0.1, -0.05) is 6.92 Å². The van der Waals surface area contributed by atoms with E-state index in [0.29, 0.717) is 17.9 Å². The molecule has 0 saturated heterocycles. The van der Waals surface area contributed by atoms with E-state index < -0.39 is 5.97 Å². The molecule has 0 saturated carbocycles. The molecular formula is C13H17NO4. The molecule has 0 radical (unpaired) electrons. The van der Waals surface area contributed by atoms with Crippen molar-refractivity contribution in [2.75, 3.05) is 20.2 Å². The molecule has 0 aliphatic rings. The second kappa shape index (κ2) is 6.64. The number of aliphatic carboxylic acids is 1. The summed E-state index contributed by atoms with van der Waals surface area (Å²) < 4.78 is 5.40. The van der Waals surface area contributed by atoms with E-state index in [1.807, 2.05) is 6.92 Å². The van der Waals surface area contributed by atoms with Crippen molar-refractivity contribution >= 4 is 11.9 Å². The number of carboxylic acid groups (broad SMARTS) is 1. The highest BCUT2D eigenvalue weighted by molar-refractivity contribution is 5.95. The summed E-state index contributed by atoms with van der Waals surface area (Å²) in [4.78, 5) is 23.5. The van der Waals surface area contributed by atoms with Crippen LogP contribution in [0.3, 0.4) is 0 Å². The van der Waals surface area contributed by atoms with Gasteiger partial charge in [0, 0.05) is 12.6 Å². The maximum atomic E-state index is 11.8. The van der Waals surface area contributed by atoms with Gasteiger partial charge in [-0.05, 0) is 30.7 Å². The van der Waals surface area contributed by atoms with Gasteiger partial charge in [-0.15, -0.1) is 0 Å². The molecule has 98 valence electrons. The van der Waals surface area contributed by atoms with Gasteiger partial charge in [0.15, 0.2) is 0 Å². The summed E-state index contributed by atoms with van der Waals surface area (Å²) in [6.07, 6.45) is 0.919. The van der Waals surface area contributed by atoms with Gasteiger partial charge in [-0.2, -0.15) is 0 Å². The molecule has 0 spiro atoms. The Bertz CT molecular complexity index is 414. The minimum absolute atomic E-state index is 0.313. The zero-order chi connectivity index (χ0) is 13.5. The van der Waals surface area contributed by atoms with Crippen LogP contribution in [0.15, 0.2) is 24.3 Å². The van der Waals surface area contributed by atoms with Crippen LogP contribution in [0, 0.1) is 0 Å². The quantitative estimate of drug-likeness (QED) is 0.834. The molecule has 1 N–H and O–H groups in total. The van der Waals surface area contributed by atoms with Gasteiger partial charge >= 0.3 is 5.97 Å². The lowest BCUT2D eigenvalue weighted by Gasteiger charge is -2.14. The molecule has 0 heterocycles. The number of benzene rings is 1. The van der Waals surface area contributed by atoms with Crippen molar-refractivity contribution in [2.45, 2.75) is 13.3 Å². The van der Waals surface area contributed by atoms with Crippen LogP contribution in [-0.2, 0) is 4.79 Å². The van der Waals surface area contributed by atoms with Gasteiger partial charge in [0.05, 0.1) is 6.61 Å². The monoisotopic (exact) mass is 251 g/mol. The van der Waals surface area contributed by atoms with Crippen LogP contribution in [0.5, 0.6) is 5.75 Å². The van der Waals surface area contributed by atoms with Crippen molar-refractivity contribution in [3.05, 3.63) is 29.8 Å². The lowest BCUT2D eigenvalue weighted by Crippen LogP contribution is -2.31. The number of ether oxygens (including phenoxy) is 1. The van der Waals surface area contributed by atoms with E-state index in [2.05, 4.69) is 0 Å². The smallest absolute Gasteiger partial charge is 0.323 e. The number of rotatable bonds is 6. The van der Waals surface area contributed by atoms with E-state index in [1.165, 1.54) is 7.05 Å². The van der Waals surface area contributed by atoms with Gasteiger partial charge < -0.3 is 14.7 Å². The second-order valence-corrected chi connectivity index (χ2v) is 3.93. The molecule has 0 fully saturated rings. The van der Waals surface area contributed by atoms with Gasteiger partial charge in [0.25, 0.3) is 5.91 Å². The molecule has 1 amide bonds.